The monoisotopic (exact) mass is 317 g/mol. The lowest BCUT2D eigenvalue weighted by molar-refractivity contribution is -0.0218. The highest BCUT2D eigenvalue weighted by atomic mass is 16.5. The smallest absolute Gasteiger partial charge is 0.0753 e. The minimum Gasteiger partial charge on any atom is -0.396 e. The molecule has 1 atom stereocenters. The lowest BCUT2D eigenvalue weighted by Crippen LogP contribution is -2.53. The van der Waals surface area contributed by atoms with Crippen LogP contribution in [0.15, 0.2) is 0 Å². The summed E-state index contributed by atoms with van der Waals surface area (Å²) < 4.78 is 5.96. The summed E-state index contributed by atoms with van der Waals surface area (Å²) in [4.78, 5) is 0. The maximum atomic E-state index is 9.19. The molecule has 0 aromatic heterocycles. The molecule has 0 aromatic rings. The van der Waals surface area contributed by atoms with Gasteiger partial charge in [-0.05, 0) is 25.7 Å². The van der Waals surface area contributed by atoms with Crippen molar-refractivity contribution in [2.75, 3.05) is 19.8 Å². The Balaban J connectivity index is 3.84. The molecule has 0 aliphatic carbocycles. The Kier molecular flexibility index (Phi) is 14.3. The average Bonchev–Trinajstić information content (AvgIpc) is 2.49. The fraction of sp³-hybridized carbons (Fsp3) is 1.00. The summed E-state index contributed by atoms with van der Waals surface area (Å²) in [5.74, 6) is 0. The molecule has 0 aliphatic heterocycles. The maximum absolute atomic E-state index is 9.19. The van der Waals surface area contributed by atoms with Gasteiger partial charge in [0.2, 0.25) is 0 Å². The molecule has 1 unspecified atom stereocenters. The van der Waals surface area contributed by atoms with Gasteiger partial charge in [0.1, 0.15) is 0 Å². The van der Waals surface area contributed by atoms with E-state index >= 15 is 0 Å². The van der Waals surface area contributed by atoms with E-state index in [0.717, 1.165) is 19.4 Å². The van der Waals surface area contributed by atoms with Crippen LogP contribution in [-0.4, -0.2) is 41.7 Å². The second-order valence-electron chi connectivity index (χ2n) is 6.42. The number of hydrogen-bond acceptors (Lipinski definition) is 4. The first-order valence-electron chi connectivity index (χ1n) is 9.26. The third-order valence-corrected chi connectivity index (χ3v) is 4.48. The highest BCUT2D eigenvalue weighted by Gasteiger charge is 2.33. The molecule has 22 heavy (non-hydrogen) atoms. The lowest BCUT2D eigenvalue weighted by Gasteiger charge is -2.36. The summed E-state index contributed by atoms with van der Waals surface area (Å²) in [7, 11) is 0. The van der Waals surface area contributed by atoms with E-state index < -0.39 is 5.54 Å². The van der Waals surface area contributed by atoms with Crippen molar-refractivity contribution in [2.45, 2.75) is 96.1 Å². The van der Waals surface area contributed by atoms with Crippen LogP contribution in [0.3, 0.4) is 0 Å². The predicted molar refractivity (Wildman–Crippen MR) is 93.0 cm³/mol. The van der Waals surface area contributed by atoms with Crippen LogP contribution in [0.5, 0.6) is 0 Å². The first-order valence-corrected chi connectivity index (χ1v) is 9.26. The topological polar surface area (TPSA) is 75.7 Å². The molecule has 4 nitrogen and oxygen atoms in total. The molecular weight excluding hydrogens is 278 g/mol. The van der Waals surface area contributed by atoms with Crippen LogP contribution in [0.2, 0.25) is 0 Å². The van der Waals surface area contributed by atoms with Gasteiger partial charge in [-0.3, -0.25) is 0 Å². The van der Waals surface area contributed by atoms with Gasteiger partial charge in [-0.2, -0.15) is 0 Å². The average molecular weight is 318 g/mol. The van der Waals surface area contributed by atoms with E-state index in [-0.39, 0.29) is 19.3 Å². The molecule has 0 amide bonds. The number of aliphatic hydroxyl groups is 2. The quantitative estimate of drug-likeness (QED) is 0.381. The zero-order valence-electron chi connectivity index (χ0n) is 14.9. The van der Waals surface area contributed by atoms with Crippen LogP contribution in [-0.2, 0) is 4.74 Å². The highest BCUT2D eigenvalue weighted by Crippen LogP contribution is 2.22. The molecule has 0 spiro atoms. The normalized spacial score (nSPS) is 13.5. The molecule has 4 N–H and O–H groups in total. The second-order valence-corrected chi connectivity index (χ2v) is 6.42. The van der Waals surface area contributed by atoms with E-state index in [2.05, 4.69) is 13.8 Å². The van der Waals surface area contributed by atoms with Crippen molar-refractivity contribution in [3.63, 3.8) is 0 Å². The van der Waals surface area contributed by atoms with Gasteiger partial charge in [0.15, 0.2) is 0 Å². The van der Waals surface area contributed by atoms with Crippen LogP contribution in [0.1, 0.15) is 84.5 Å². The third-order valence-electron chi connectivity index (χ3n) is 4.48. The van der Waals surface area contributed by atoms with Gasteiger partial charge in [0.05, 0.1) is 6.10 Å². The number of nitrogens with two attached hydrogens (primary N) is 1. The Morgan fingerprint density at radius 3 is 1.82 bits per heavy atom. The van der Waals surface area contributed by atoms with Gasteiger partial charge in [-0.25, -0.2) is 0 Å². The van der Waals surface area contributed by atoms with Gasteiger partial charge in [0.25, 0.3) is 0 Å². The molecule has 134 valence electrons. The summed E-state index contributed by atoms with van der Waals surface area (Å²) in [5, 5.41) is 18.4. The molecule has 0 bridgehead atoms. The maximum Gasteiger partial charge on any atom is 0.0753 e. The van der Waals surface area contributed by atoms with Crippen LogP contribution in [0.25, 0.3) is 0 Å². The Labute approximate surface area is 137 Å². The van der Waals surface area contributed by atoms with Crippen LogP contribution < -0.4 is 5.73 Å². The van der Waals surface area contributed by atoms with E-state index in [1.165, 1.54) is 44.9 Å². The molecule has 0 rings (SSSR count). The molecule has 4 heteroatoms. The van der Waals surface area contributed by atoms with Crippen molar-refractivity contribution in [1.29, 1.82) is 0 Å². The van der Waals surface area contributed by atoms with Crippen LogP contribution in [0, 0.1) is 0 Å². The SMILES string of the molecule is CCCCCCCCCCOC(CC)C(N)(CCO)CCO. The first-order chi connectivity index (χ1) is 10.6. The molecule has 0 aromatic carbocycles. The largest absolute Gasteiger partial charge is 0.396 e. The number of unbranched alkanes of at least 4 members (excludes halogenated alkanes) is 7. The molecule has 0 aliphatic rings. The van der Waals surface area contributed by atoms with Gasteiger partial charge >= 0.3 is 0 Å². The lowest BCUT2D eigenvalue weighted by atomic mass is 9.85. The van der Waals surface area contributed by atoms with E-state index in [9.17, 15) is 10.2 Å². The van der Waals surface area contributed by atoms with Crippen LogP contribution in [0.4, 0.5) is 0 Å². The van der Waals surface area contributed by atoms with E-state index in [1.54, 1.807) is 0 Å². The third kappa shape index (κ3) is 9.78. The molecule has 0 saturated heterocycles. The number of ether oxygens (including phenoxy) is 1. The predicted octanol–water partition coefficient (Wildman–Crippen LogP) is 3.38. The summed E-state index contributed by atoms with van der Waals surface area (Å²) in [6.07, 6.45) is 11.9. The van der Waals surface area contributed by atoms with Crippen molar-refractivity contribution in [1.82, 2.24) is 0 Å². The first kappa shape index (κ1) is 21.8. The van der Waals surface area contributed by atoms with Crippen molar-refractivity contribution < 1.29 is 14.9 Å². The van der Waals surface area contributed by atoms with Gasteiger partial charge < -0.3 is 20.7 Å². The Morgan fingerprint density at radius 1 is 0.864 bits per heavy atom. The fourth-order valence-electron chi connectivity index (χ4n) is 3.02. The Hall–Kier alpha value is -0.160. The van der Waals surface area contributed by atoms with Crippen molar-refractivity contribution in [3.8, 4) is 0 Å². The van der Waals surface area contributed by atoms with Crippen LogP contribution >= 0.6 is 0 Å². The zero-order valence-corrected chi connectivity index (χ0v) is 14.9. The molecule has 0 fully saturated rings. The van der Waals surface area contributed by atoms with Gasteiger partial charge in [-0.15, -0.1) is 0 Å². The number of hydrogen-bond donors (Lipinski definition) is 3. The Bertz CT molecular complexity index is 230. The van der Waals surface area contributed by atoms with Crippen molar-refractivity contribution >= 4 is 0 Å². The fourth-order valence-corrected chi connectivity index (χ4v) is 3.02. The van der Waals surface area contributed by atoms with E-state index in [4.69, 9.17) is 10.5 Å². The number of aliphatic hydroxyl groups excluding tert-OH is 2. The van der Waals surface area contributed by atoms with Crippen molar-refractivity contribution in [2.24, 2.45) is 5.73 Å². The minimum absolute atomic E-state index is 0.0358. The highest BCUT2D eigenvalue weighted by molar-refractivity contribution is 4.91. The second kappa shape index (κ2) is 14.4. The summed E-state index contributed by atoms with van der Waals surface area (Å²) in [6, 6.07) is 0. The minimum atomic E-state index is -0.613. The molecule has 0 radical (unpaired) electrons. The van der Waals surface area contributed by atoms with Gasteiger partial charge in [0, 0.05) is 25.4 Å². The van der Waals surface area contributed by atoms with Crippen molar-refractivity contribution in [3.05, 3.63) is 0 Å². The number of rotatable bonds is 16. The summed E-state index contributed by atoms with van der Waals surface area (Å²) >= 11 is 0. The zero-order chi connectivity index (χ0) is 16.7. The van der Waals surface area contributed by atoms with Gasteiger partial charge in [-0.1, -0.05) is 58.8 Å². The molecule has 0 saturated carbocycles. The standard InChI is InChI=1S/C18H39NO3/c1-3-5-6-7-8-9-10-11-16-22-17(4-2)18(19,12-14-20)13-15-21/h17,20-21H,3-16,19H2,1-2H3. The van der Waals surface area contributed by atoms with E-state index in [1.807, 2.05) is 0 Å². The molecular formula is C18H39NO3. The van der Waals surface area contributed by atoms with E-state index in [0.29, 0.717) is 12.8 Å². The Morgan fingerprint density at radius 2 is 1.36 bits per heavy atom. The molecule has 0 heterocycles. The summed E-state index contributed by atoms with van der Waals surface area (Å²) in [5.41, 5.74) is 5.73. The summed E-state index contributed by atoms with van der Waals surface area (Å²) in [6.45, 7) is 5.09.